The van der Waals surface area contributed by atoms with Crippen molar-refractivity contribution in [3.8, 4) is 0 Å². The summed E-state index contributed by atoms with van der Waals surface area (Å²) < 4.78 is 10.5. The lowest BCUT2D eigenvalue weighted by molar-refractivity contribution is -0.151. The predicted molar refractivity (Wildman–Crippen MR) is 73.4 cm³/mol. The average Bonchev–Trinajstić information content (AvgIpc) is 2.34. The maximum atomic E-state index is 11.6. The summed E-state index contributed by atoms with van der Waals surface area (Å²) in [6.07, 6.45) is 4.48. The summed E-state index contributed by atoms with van der Waals surface area (Å²) in [5, 5.41) is 0. The summed E-state index contributed by atoms with van der Waals surface area (Å²) in [6, 6.07) is 0. The molecule has 2 N–H and O–H groups in total. The van der Waals surface area contributed by atoms with E-state index < -0.39 is 0 Å². The fourth-order valence-electron chi connectivity index (χ4n) is 2.00. The molecule has 0 bridgehead atoms. The van der Waals surface area contributed by atoms with Gasteiger partial charge >= 0.3 is 5.97 Å². The first-order valence-corrected chi connectivity index (χ1v) is 7.11. The van der Waals surface area contributed by atoms with Crippen LogP contribution in [0, 0.1) is 5.92 Å². The van der Waals surface area contributed by atoms with Crippen molar-refractivity contribution in [3.05, 3.63) is 0 Å². The van der Waals surface area contributed by atoms with Crippen molar-refractivity contribution >= 4 is 5.97 Å². The first-order valence-electron chi connectivity index (χ1n) is 7.11. The molecule has 0 aromatic heterocycles. The Morgan fingerprint density at radius 3 is 2.50 bits per heavy atom. The van der Waals surface area contributed by atoms with Crippen molar-refractivity contribution in [1.82, 2.24) is 0 Å². The first-order chi connectivity index (χ1) is 8.63. The van der Waals surface area contributed by atoms with Gasteiger partial charge < -0.3 is 15.2 Å². The highest BCUT2D eigenvalue weighted by molar-refractivity contribution is 5.69. The van der Waals surface area contributed by atoms with Crippen LogP contribution in [0.1, 0.15) is 52.9 Å². The molecule has 0 heterocycles. The summed E-state index contributed by atoms with van der Waals surface area (Å²) in [6.45, 7) is 7.76. The molecule has 4 heteroatoms. The second kappa shape index (κ2) is 11.5. The molecule has 0 aliphatic rings. The Morgan fingerprint density at radius 2 is 1.94 bits per heavy atom. The SMILES string of the molecule is CCCC(CCN)CCC(=O)OC(C)COCC. The van der Waals surface area contributed by atoms with E-state index in [4.69, 9.17) is 15.2 Å². The number of rotatable bonds is 11. The Hall–Kier alpha value is -0.610. The molecule has 0 amide bonds. The third-order valence-electron chi connectivity index (χ3n) is 2.92. The maximum Gasteiger partial charge on any atom is 0.306 e. The van der Waals surface area contributed by atoms with E-state index in [0.717, 1.165) is 25.7 Å². The fourth-order valence-corrected chi connectivity index (χ4v) is 2.00. The van der Waals surface area contributed by atoms with E-state index in [1.807, 2.05) is 13.8 Å². The van der Waals surface area contributed by atoms with E-state index in [1.165, 1.54) is 0 Å². The largest absolute Gasteiger partial charge is 0.460 e. The third kappa shape index (κ3) is 9.42. The van der Waals surface area contributed by atoms with Gasteiger partial charge in [0.05, 0.1) is 6.61 Å². The monoisotopic (exact) mass is 259 g/mol. The third-order valence-corrected chi connectivity index (χ3v) is 2.92. The normalized spacial score (nSPS) is 14.2. The van der Waals surface area contributed by atoms with Gasteiger partial charge in [-0.1, -0.05) is 19.8 Å². The summed E-state index contributed by atoms with van der Waals surface area (Å²) >= 11 is 0. The summed E-state index contributed by atoms with van der Waals surface area (Å²) in [5.41, 5.74) is 5.57. The zero-order chi connectivity index (χ0) is 13.8. The molecule has 0 aliphatic carbocycles. The minimum absolute atomic E-state index is 0.125. The van der Waals surface area contributed by atoms with Crippen LogP contribution in [0.25, 0.3) is 0 Å². The number of hydrogen-bond donors (Lipinski definition) is 1. The molecule has 0 rings (SSSR count). The molecule has 0 aromatic carbocycles. The van der Waals surface area contributed by atoms with Crippen LogP contribution in [0.3, 0.4) is 0 Å². The standard InChI is InChI=1S/C14H29NO3/c1-4-6-13(9-10-15)7-8-14(16)18-12(3)11-17-5-2/h12-13H,4-11,15H2,1-3H3. The van der Waals surface area contributed by atoms with Crippen LogP contribution >= 0.6 is 0 Å². The van der Waals surface area contributed by atoms with Crippen molar-refractivity contribution in [3.63, 3.8) is 0 Å². The van der Waals surface area contributed by atoms with Gasteiger partial charge in [-0.25, -0.2) is 0 Å². The van der Waals surface area contributed by atoms with Crippen LogP contribution in [0.5, 0.6) is 0 Å². The summed E-state index contributed by atoms with van der Waals surface area (Å²) in [7, 11) is 0. The van der Waals surface area contributed by atoms with Gasteiger partial charge in [-0.3, -0.25) is 4.79 Å². The molecule has 0 spiro atoms. The Balaban J connectivity index is 3.78. The van der Waals surface area contributed by atoms with Gasteiger partial charge in [-0.15, -0.1) is 0 Å². The van der Waals surface area contributed by atoms with Gasteiger partial charge in [-0.2, -0.15) is 0 Å². The maximum absolute atomic E-state index is 11.6. The first kappa shape index (κ1) is 17.4. The van der Waals surface area contributed by atoms with Crippen LogP contribution in [-0.2, 0) is 14.3 Å². The van der Waals surface area contributed by atoms with E-state index in [2.05, 4.69) is 6.92 Å². The van der Waals surface area contributed by atoms with E-state index in [0.29, 0.717) is 32.1 Å². The van der Waals surface area contributed by atoms with Gasteiger partial charge in [0.1, 0.15) is 6.10 Å². The van der Waals surface area contributed by atoms with Gasteiger partial charge in [0.25, 0.3) is 0 Å². The molecule has 2 atom stereocenters. The van der Waals surface area contributed by atoms with Gasteiger partial charge in [-0.05, 0) is 39.2 Å². The number of hydrogen-bond acceptors (Lipinski definition) is 4. The molecule has 2 unspecified atom stereocenters. The van der Waals surface area contributed by atoms with Crippen LogP contribution < -0.4 is 5.73 Å². The Labute approximate surface area is 111 Å². The van der Waals surface area contributed by atoms with Crippen molar-refractivity contribution in [2.75, 3.05) is 19.8 Å². The van der Waals surface area contributed by atoms with E-state index in [1.54, 1.807) is 0 Å². The van der Waals surface area contributed by atoms with Crippen LogP contribution in [0.15, 0.2) is 0 Å². The summed E-state index contributed by atoms with van der Waals surface area (Å²) in [5.74, 6) is 0.426. The summed E-state index contributed by atoms with van der Waals surface area (Å²) in [4.78, 5) is 11.6. The lowest BCUT2D eigenvalue weighted by atomic mass is 9.94. The molecule has 0 aliphatic heterocycles. The lowest BCUT2D eigenvalue weighted by Crippen LogP contribution is -2.21. The highest BCUT2D eigenvalue weighted by atomic mass is 16.6. The van der Waals surface area contributed by atoms with Crippen LogP contribution in [-0.4, -0.2) is 31.8 Å². The van der Waals surface area contributed by atoms with Gasteiger partial charge in [0, 0.05) is 13.0 Å². The second-order valence-corrected chi connectivity index (χ2v) is 4.73. The molecule has 4 nitrogen and oxygen atoms in total. The second-order valence-electron chi connectivity index (χ2n) is 4.73. The predicted octanol–water partition coefficient (Wildman–Crippen LogP) is 2.50. The van der Waals surface area contributed by atoms with Crippen molar-refractivity contribution < 1.29 is 14.3 Å². The highest BCUT2D eigenvalue weighted by Crippen LogP contribution is 2.17. The number of nitrogens with two attached hydrogens (primary N) is 1. The van der Waals surface area contributed by atoms with Crippen LogP contribution in [0.4, 0.5) is 0 Å². The Morgan fingerprint density at radius 1 is 1.22 bits per heavy atom. The van der Waals surface area contributed by atoms with Crippen molar-refractivity contribution in [2.24, 2.45) is 11.7 Å². The quantitative estimate of drug-likeness (QED) is 0.579. The Bertz CT molecular complexity index is 203. The molecule has 18 heavy (non-hydrogen) atoms. The van der Waals surface area contributed by atoms with E-state index in [9.17, 15) is 4.79 Å². The molecular formula is C14H29NO3. The average molecular weight is 259 g/mol. The molecule has 0 saturated heterocycles. The molecule has 0 fully saturated rings. The molecule has 0 saturated carbocycles. The fraction of sp³-hybridized carbons (Fsp3) is 0.929. The number of esters is 1. The molecule has 0 aromatic rings. The minimum Gasteiger partial charge on any atom is -0.460 e. The van der Waals surface area contributed by atoms with Gasteiger partial charge in [0.2, 0.25) is 0 Å². The topological polar surface area (TPSA) is 61.6 Å². The van der Waals surface area contributed by atoms with Crippen LogP contribution in [0.2, 0.25) is 0 Å². The zero-order valence-corrected chi connectivity index (χ0v) is 12.1. The minimum atomic E-state index is -0.156. The highest BCUT2D eigenvalue weighted by Gasteiger charge is 2.13. The number of ether oxygens (including phenoxy) is 2. The van der Waals surface area contributed by atoms with Crippen molar-refractivity contribution in [2.45, 2.75) is 59.0 Å². The zero-order valence-electron chi connectivity index (χ0n) is 12.1. The smallest absolute Gasteiger partial charge is 0.306 e. The molecular weight excluding hydrogens is 230 g/mol. The number of carbonyl (C=O) groups excluding carboxylic acids is 1. The number of carbonyl (C=O) groups is 1. The molecule has 0 radical (unpaired) electrons. The van der Waals surface area contributed by atoms with Crippen molar-refractivity contribution in [1.29, 1.82) is 0 Å². The Kier molecular flexibility index (Phi) is 11.1. The van der Waals surface area contributed by atoms with E-state index in [-0.39, 0.29) is 12.1 Å². The van der Waals surface area contributed by atoms with E-state index >= 15 is 0 Å². The van der Waals surface area contributed by atoms with Gasteiger partial charge in [0.15, 0.2) is 0 Å². The molecule has 108 valence electrons. The lowest BCUT2D eigenvalue weighted by Gasteiger charge is -2.16.